The van der Waals surface area contributed by atoms with Crippen molar-refractivity contribution >= 4 is 16.9 Å². The molecule has 1 saturated heterocycles. The van der Waals surface area contributed by atoms with Crippen molar-refractivity contribution in [3.8, 4) is 5.75 Å². The summed E-state index contributed by atoms with van der Waals surface area (Å²) in [6, 6.07) is 7.92. The Morgan fingerprint density at radius 1 is 1.35 bits per heavy atom. The van der Waals surface area contributed by atoms with Gasteiger partial charge in [0.25, 0.3) is 0 Å². The predicted octanol–water partition coefficient (Wildman–Crippen LogP) is 2.45. The molecule has 2 heterocycles. The van der Waals surface area contributed by atoms with Gasteiger partial charge in [-0.1, -0.05) is 0 Å². The van der Waals surface area contributed by atoms with Gasteiger partial charge in [0, 0.05) is 51.0 Å². The maximum atomic E-state index is 11.8. The molecule has 0 saturated carbocycles. The second-order valence-electron chi connectivity index (χ2n) is 6.27. The highest BCUT2D eigenvalue weighted by Gasteiger charge is 2.25. The number of nitrogens with one attached hydrogen (secondary N) is 2. The third-order valence-corrected chi connectivity index (χ3v) is 4.27. The Balaban J connectivity index is 1.49. The number of pyridine rings is 1. The van der Waals surface area contributed by atoms with Gasteiger partial charge in [-0.2, -0.15) is 0 Å². The van der Waals surface area contributed by atoms with Gasteiger partial charge in [0.2, 0.25) is 0 Å². The first-order valence-electron chi connectivity index (χ1n) is 8.92. The lowest BCUT2D eigenvalue weighted by atomic mass is 10.1. The number of ether oxygens (including phenoxy) is 3. The van der Waals surface area contributed by atoms with Gasteiger partial charge in [0.05, 0.1) is 0 Å². The first kappa shape index (κ1) is 18.4. The van der Waals surface area contributed by atoms with Crippen molar-refractivity contribution in [3.63, 3.8) is 0 Å². The molecular weight excluding hydrogens is 334 g/mol. The van der Waals surface area contributed by atoms with Crippen LogP contribution in [0.5, 0.6) is 5.75 Å². The molecule has 0 radical (unpaired) electrons. The molecule has 26 heavy (non-hydrogen) atoms. The van der Waals surface area contributed by atoms with Gasteiger partial charge in [-0.25, -0.2) is 4.79 Å². The summed E-state index contributed by atoms with van der Waals surface area (Å²) >= 11 is 0. The smallest absolute Gasteiger partial charge is 0.408 e. The molecule has 7 heteroatoms. The number of fused-ring (bicyclic) bond motifs is 1. The number of rotatable bonds is 7. The molecule has 0 spiro atoms. The largest absolute Gasteiger partial charge is 0.490 e. The van der Waals surface area contributed by atoms with Gasteiger partial charge in [-0.3, -0.25) is 10.3 Å². The monoisotopic (exact) mass is 359 g/mol. The van der Waals surface area contributed by atoms with Gasteiger partial charge in [0.1, 0.15) is 11.9 Å². The van der Waals surface area contributed by atoms with E-state index in [4.69, 9.17) is 14.2 Å². The zero-order chi connectivity index (χ0) is 18.2. The summed E-state index contributed by atoms with van der Waals surface area (Å²) < 4.78 is 16.5. The van der Waals surface area contributed by atoms with E-state index in [1.807, 2.05) is 30.5 Å². The number of hydrogen-bond acceptors (Lipinski definition) is 6. The average Bonchev–Trinajstić information content (AvgIpc) is 2.65. The SMILES string of the molecule is COCCCNC(=O)O[C@@H]1C[C@H](Oc2ccc3cnccc3c2)CCN1. The van der Waals surface area contributed by atoms with Gasteiger partial charge < -0.3 is 19.5 Å². The molecule has 0 bridgehead atoms. The lowest BCUT2D eigenvalue weighted by Crippen LogP contribution is -2.46. The first-order valence-corrected chi connectivity index (χ1v) is 8.92. The molecule has 1 amide bonds. The number of piperidine rings is 1. The zero-order valence-corrected chi connectivity index (χ0v) is 14.9. The number of benzene rings is 1. The van der Waals surface area contributed by atoms with E-state index in [9.17, 15) is 4.79 Å². The van der Waals surface area contributed by atoms with Crippen molar-refractivity contribution in [1.82, 2.24) is 15.6 Å². The Hall–Kier alpha value is -2.38. The van der Waals surface area contributed by atoms with E-state index in [0.717, 1.165) is 35.9 Å². The molecule has 140 valence electrons. The van der Waals surface area contributed by atoms with Crippen LogP contribution in [0, 0.1) is 0 Å². The van der Waals surface area contributed by atoms with Crippen LogP contribution in [0.1, 0.15) is 19.3 Å². The van der Waals surface area contributed by atoms with Crippen LogP contribution in [-0.4, -0.2) is 50.2 Å². The summed E-state index contributed by atoms with van der Waals surface area (Å²) in [7, 11) is 1.64. The molecule has 1 aromatic carbocycles. The van der Waals surface area contributed by atoms with E-state index in [1.54, 1.807) is 13.3 Å². The zero-order valence-electron chi connectivity index (χ0n) is 14.9. The van der Waals surface area contributed by atoms with Crippen molar-refractivity contribution < 1.29 is 19.0 Å². The molecule has 1 aliphatic heterocycles. The van der Waals surface area contributed by atoms with Crippen LogP contribution >= 0.6 is 0 Å². The third kappa shape index (κ3) is 5.31. The Morgan fingerprint density at radius 2 is 2.27 bits per heavy atom. The van der Waals surface area contributed by atoms with Crippen LogP contribution in [-0.2, 0) is 9.47 Å². The van der Waals surface area contributed by atoms with Crippen molar-refractivity contribution in [2.24, 2.45) is 0 Å². The molecule has 2 aromatic rings. The summed E-state index contributed by atoms with van der Waals surface area (Å²) in [6.07, 6.45) is 5.07. The Kier molecular flexibility index (Phi) is 6.62. The molecule has 3 rings (SSSR count). The van der Waals surface area contributed by atoms with Crippen LogP contribution in [0.25, 0.3) is 10.8 Å². The Labute approximate surface area is 153 Å². The lowest BCUT2D eigenvalue weighted by Gasteiger charge is -2.30. The Morgan fingerprint density at radius 3 is 3.15 bits per heavy atom. The van der Waals surface area contributed by atoms with E-state index in [2.05, 4.69) is 15.6 Å². The molecule has 1 aliphatic rings. The maximum Gasteiger partial charge on any atom is 0.408 e. The maximum absolute atomic E-state index is 11.8. The van der Waals surface area contributed by atoms with Crippen LogP contribution < -0.4 is 15.4 Å². The normalized spacial score (nSPS) is 19.9. The van der Waals surface area contributed by atoms with Crippen molar-refractivity contribution in [3.05, 3.63) is 36.7 Å². The fraction of sp³-hybridized carbons (Fsp3) is 0.474. The second-order valence-corrected chi connectivity index (χ2v) is 6.27. The summed E-state index contributed by atoms with van der Waals surface area (Å²) in [5.74, 6) is 0.818. The number of methoxy groups -OCH3 is 1. The molecule has 0 unspecified atom stereocenters. The highest BCUT2D eigenvalue weighted by Crippen LogP contribution is 2.23. The summed E-state index contributed by atoms with van der Waals surface area (Å²) in [4.78, 5) is 15.9. The summed E-state index contributed by atoms with van der Waals surface area (Å²) in [6.45, 7) is 1.88. The lowest BCUT2D eigenvalue weighted by molar-refractivity contribution is 0.0202. The number of nitrogens with zero attached hydrogens (tertiary/aromatic N) is 1. The number of amides is 1. The fourth-order valence-corrected chi connectivity index (χ4v) is 2.95. The van der Waals surface area contributed by atoms with E-state index in [-0.39, 0.29) is 12.3 Å². The van der Waals surface area contributed by atoms with E-state index >= 15 is 0 Å². The quantitative estimate of drug-likeness (QED) is 0.739. The van der Waals surface area contributed by atoms with Crippen LogP contribution in [0.15, 0.2) is 36.7 Å². The molecule has 1 aromatic heterocycles. The van der Waals surface area contributed by atoms with Crippen LogP contribution in [0.2, 0.25) is 0 Å². The summed E-state index contributed by atoms with van der Waals surface area (Å²) in [5.41, 5.74) is 0. The molecule has 1 fully saturated rings. The Bertz CT molecular complexity index is 725. The predicted molar refractivity (Wildman–Crippen MR) is 98.2 cm³/mol. The summed E-state index contributed by atoms with van der Waals surface area (Å²) in [5, 5.41) is 8.09. The number of aromatic nitrogens is 1. The average molecular weight is 359 g/mol. The fourth-order valence-electron chi connectivity index (χ4n) is 2.95. The standard InChI is InChI=1S/C19H25N3O4/c1-24-10-2-7-22-19(23)26-18-12-17(6-9-21-18)25-16-4-3-15-13-20-8-5-14(15)11-16/h3-5,8,11,13,17-18,21H,2,6-7,9-10,12H2,1H3,(H,22,23)/t17-,18-/m1/s1. The van der Waals surface area contributed by atoms with Gasteiger partial charge >= 0.3 is 6.09 Å². The van der Waals surface area contributed by atoms with Gasteiger partial charge in [-0.05, 0) is 42.5 Å². The van der Waals surface area contributed by atoms with Crippen LogP contribution in [0.4, 0.5) is 4.79 Å². The molecule has 0 aliphatic carbocycles. The minimum atomic E-state index is -0.419. The highest BCUT2D eigenvalue weighted by molar-refractivity contribution is 5.82. The number of carbonyl (C=O) groups excluding carboxylic acids is 1. The topological polar surface area (TPSA) is 81.7 Å². The molecular formula is C19H25N3O4. The van der Waals surface area contributed by atoms with E-state index in [1.165, 1.54) is 0 Å². The van der Waals surface area contributed by atoms with Gasteiger partial charge in [0.15, 0.2) is 6.23 Å². The number of carbonyl (C=O) groups is 1. The minimum absolute atomic E-state index is 0.00169. The van der Waals surface area contributed by atoms with Crippen molar-refractivity contribution in [2.75, 3.05) is 26.8 Å². The number of alkyl carbamates (subject to hydrolysis) is 1. The van der Waals surface area contributed by atoms with Crippen molar-refractivity contribution in [1.29, 1.82) is 0 Å². The van der Waals surface area contributed by atoms with Gasteiger partial charge in [-0.15, -0.1) is 0 Å². The highest BCUT2D eigenvalue weighted by atomic mass is 16.6. The molecule has 2 atom stereocenters. The van der Waals surface area contributed by atoms with E-state index < -0.39 is 6.09 Å². The third-order valence-electron chi connectivity index (χ3n) is 4.27. The minimum Gasteiger partial charge on any atom is -0.490 e. The first-order chi connectivity index (χ1) is 12.7. The van der Waals surface area contributed by atoms with E-state index in [0.29, 0.717) is 19.6 Å². The molecule has 2 N–H and O–H groups in total. The van der Waals surface area contributed by atoms with Crippen LogP contribution in [0.3, 0.4) is 0 Å². The van der Waals surface area contributed by atoms with Crippen molar-refractivity contribution in [2.45, 2.75) is 31.6 Å². The second kappa shape index (κ2) is 9.35. The number of hydrogen-bond donors (Lipinski definition) is 2. The molecule has 7 nitrogen and oxygen atoms in total.